The van der Waals surface area contributed by atoms with Gasteiger partial charge in [-0.25, -0.2) is 4.98 Å². The molecule has 1 aliphatic heterocycles. The molecule has 8 nitrogen and oxygen atoms in total. The zero-order valence-corrected chi connectivity index (χ0v) is 11.3. The highest BCUT2D eigenvalue weighted by atomic mass is 16.5. The molecule has 110 valence electrons. The van der Waals surface area contributed by atoms with Crippen molar-refractivity contribution in [3.05, 3.63) is 42.6 Å². The number of carbonyl (C=O) groups is 1. The van der Waals surface area contributed by atoms with Crippen LogP contribution in [0.4, 0.5) is 5.82 Å². The first kappa shape index (κ1) is 12.6. The van der Waals surface area contributed by atoms with E-state index in [4.69, 9.17) is 13.7 Å². The summed E-state index contributed by atoms with van der Waals surface area (Å²) in [6.07, 6.45) is 3.12. The standard InChI is InChI=1S/C14H10N4O4/c19-12-8-21-10-3-1-5-15-14(10)18(12)7-11-16-13(17-22-11)9-4-2-6-20-9/h1-6H,7-8H2. The fourth-order valence-electron chi connectivity index (χ4n) is 2.16. The maximum atomic E-state index is 12.0. The molecule has 0 saturated carbocycles. The zero-order valence-electron chi connectivity index (χ0n) is 11.3. The predicted molar refractivity (Wildman–Crippen MR) is 72.9 cm³/mol. The maximum absolute atomic E-state index is 12.0. The van der Waals surface area contributed by atoms with Gasteiger partial charge in [0, 0.05) is 6.20 Å². The lowest BCUT2D eigenvalue weighted by Gasteiger charge is -2.26. The van der Waals surface area contributed by atoms with E-state index in [-0.39, 0.29) is 19.1 Å². The van der Waals surface area contributed by atoms with Crippen LogP contribution in [0.3, 0.4) is 0 Å². The van der Waals surface area contributed by atoms with E-state index < -0.39 is 0 Å². The predicted octanol–water partition coefficient (Wildman–Crippen LogP) is 1.65. The maximum Gasteiger partial charge on any atom is 0.266 e. The number of nitrogens with zero attached hydrogens (tertiary/aromatic N) is 4. The Balaban J connectivity index is 1.62. The van der Waals surface area contributed by atoms with Crippen LogP contribution in [-0.4, -0.2) is 27.6 Å². The van der Waals surface area contributed by atoms with Crippen LogP contribution in [0.2, 0.25) is 0 Å². The normalized spacial score (nSPS) is 13.8. The summed E-state index contributed by atoms with van der Waals surface area (Å²) in [6.45, 7) is 0.0811. The molecule has 0 aliphatic carbocycles. The van der Waals surface area contributed by atoms with Crippen LogP contribution in [0.15, 0.2) is 45.7 Å². The minimum Gasteiger partial charge on any atom is -0.480 e. The fraction of sp³-hybridized carbons (Fsp3) is 0.143. The van der Waals surface area contributed by atoms with Crippen molar-refractivity contribution in [3.63, 3.8) is 0 Å². The average Bonchev–Trinajstić information content (AvgIpc) is 3.21. The van der Waals surface area contributed by atoms with Crippen LogP contribution in [0.1, 0.15) is 5.89 Å². The molecule has 0 atom stereocenters. The Morgan fingerprint density at radius 1 is 1.27 bits per heavy atom. The van der Waals surface area contributed by atoms with Crippen molar-refractivity contribution >= 4 is 11.7 Å². The van der Waals surface area contributed by atoms with Crippen molar-refractivity contribution < 1.29 is 18.5 Å². The monoisotopic (exact) mass is 298 g/mol. The second-order valence-corrected chi connectivity index (χ2v) is 4.58. The number of aromatic nitrogens is 3. The van der Waals surface area contributed by atoms with Crippen LogP contribution >= 0.6 is 0 Å². The summed E-state index contributed by atoms with van der Waals surface area (Å²) in [5, 5.41) is 3.84. The number of hydrogen-bond acceptors (Lipinski definition) is 7. The first-order valence-corrected chi connectivity index (χ1v) is 6.56. The lowest BCUT2D eigenvalue weighted by Crippen LogP contribution is -2.38. The third kappa shape index (κ3) is 2.10. The second-order valence-electron chi connectivity index (χ2n) is 4.58. The molecule has 8 heteroatoms. The number of fused-ring (bicyclic) bond motifs is 1. The van der Waals surface area contributed by atoms with Crippen LogP contribution in [-0.2, 0) is 11.3 Å². The van der Waals surface area contributed by atoms with E-state index in [9.17, 15) is 4.79 Å². The van der Waals surface area contributed by atoms with Gasteiger partial charge in [-0.05, 0) is 24.3 Å². The first-order valence-electron chi connectivity index (χ1n) is 6.56. The van der Waals surface area contributed by atoms with Crippen molar-refractivity contribution in [1.82, 2.24) is 15.1 Å². The highest BCUT2D eigenvalue weighted by molar-refractivity contribution is 5.96. The molecule has 1 aliphatic rings. The molecule has 0 spiro atoms. The zero-order chi connectivity index (χ0) is 14.9. The average molecular weight is 298 g/mol. The molecular formula is C14H10N4O4. The molecule has 0 unspecified atom stereocenters. The van der Waals surface area contributed by atoms with Crippen LogP contribution < -0.4 is 9.64 Å². The molecule has 0 bridgehead atoms. The number of anilines is 1. The highest BCUT2D eigenvalue weighted by Gasteiger charge is 2.28. The van der Waals surface area contributed by atoms with Gasteiger partial charge in [0.15, 0.2) is 23.9 Å². The van der Waals surface area contributed by atoms with Gasteiger partial charge >= 0.3 is 0 Å². The third-order valence-electron chi connectivity index (χ3n) is 3.16. The van der Waals surface area contributed by atoms with E-state index in [1.807, 2.05) is 0 Å². The van der Waals surface area contributed by atoms with E-state index in [1.165, 1.54) is 11.2 Å². The second kappa shape index (κ2) is 4.99. The van der Waals surface area contributed by atoms with Crippen molar-refractivity contribution in [1.29, 1.82) is 0 Å². The van der Waals surface area contributed by atoms with E-state index in [2.05, 4.69) is 15.1 Å². The summed E-state index contributed by atoms with van der Waals surface area (Å²) >= 11 is 0. The van der Waals surface area contributed by atoms with E-state index >= 15 is 0 Å². The summed E-state index contributed by atoms with van der Waals surface area (Å²) in [6, 6.07) is 6.96. The first-order chi connectivity index (χ1) is 10.8. The molecule has 4 heterocycles. The Labute approximate surface area is 124 Å². The van der Waals surface area contributed by atoms with Crippen molar-refractivity contribution in [3.8, 4) is 17.3 Å². The van der Waals surface area contributed by atoms with E-state index in [0.717, 1.165) is 0 Å². The molecule has 0 N–H and O–H groups in total. The summed E-state index contributed by atoms with van der Waals surface area (Å²) < 4.78 is 15.7. The molecule has 0 radical (unpaired) electrons. The number of rotatable bonds is 3. The Morgan fingerprint density at radius 2 is 2.23 bits per heavy atom. The Kier molecular flexibility index (Phi) is 2.85. The summed E-state index contributed by atoms with van der Waals surface area (Å²) in [5.74, 6) is 1.90. The van der Waals surface area contributed by atoms with Crippen molar-refractivity contribution in [2.45, 2.75) is 6.54 Å². The van der Waals surface area contributed by atoms with Gasteiger partial charge in [0.1, 0.15) is 6.54 Å². The van der Waals surface area contributed by atoms with Crippen molar-refractivity contribution in [2.24, 2.45) is 0 Å². The van der Waals surface area contributed by atoms with E-state index in [1.54, 1.807) is 30.5 Å². The number of furan rings is 1. The molecule has 3 aromatic rings. The van der Waals surface area contributed by atoms with Gasteiger partial charge in [0.25, 0.3) is 5.91 Å². The highest BCUT2D eigenvalue weighted by Crippen LogP contribution is 2.30. The number of ether oxygens (including phenoxy) is 1. The quantitative estimate of drug-likeness (QED) is 0.725. The van der Waals surface area contributed by atoms with Crippen molar-refractivity contribution in [2.75, 3.05) is 11.5 Å². The molecule has 0 saturated heterocycles. The molecule has 0 aromatic carbocycles. The lowest BCUT2D eigenvalue weighted by atomic mass is 10.3. The van der Waals surface area contributed by atoms with Crippen LogP contribution in [0.5, 0.6) is 5.75 Å². The van der Waals surface area contributed by atoms with Gasteiger partial charge in [-0.1, -0.05) is 5.16 Å². The Bertz CT molecular complexity index is 812. The van der Waals surface area contributed by atoms with Crippen LogP contribution in [0, 0.1) is 0 Å². The Morgan fingerprint density at radius 3 is 3.09 bits per heavy atom. The molecule has 4 rings (SSSR count). The van der Waals surface area contributed by atoms with Gasteiger partial charge in [0.05, 0.1) is 6.26 Å². The van der Waals surface area contributed by atoms with Gasteiger partial charge in [-0.2, -0.15) is 4.98 Å². The smallest absolute Gasteiger partial charge is 0.266 e. The third-order valence-corrected chi connectivity index (χ3v) is 3.16. The minimum absolute atomic E-state index is 0.0438. The van der Waals surface area contributed by atoms with Gasteiger partial charge in [-0.15, -0.1) is 0 Å². The van der Waals surface area contributed by atoms with Gasteiger partial charge in [0.2, 0.25) is 11.7 Å². The molecule has 22 heavy (non-hydrogen) atoms. The molecular weight excluding hydrogens is 288 g/mol. The van der Waals surface area contributed by atoms with E-state index in [0.29, 0.717) is 29.0 Å². The molecule has 1 amide bonds. The minimum atomic E-state index is -0.219. The Hall–Kier alpha value is -3.16. The summed E-state index contributed by atoms with van der Waals surface area (Å²) in [4.78, 5) is 21.9. The number of hydrogen-bond donors (Lipinski definition) is 0. The summed E-state index contributed by atoms with van der Waals surface area (Å²) in [7, 11) is 0. The van der Waals surface area contributed by atoms with Gasteiger partial charge in [-0.3, -0.25) is 9.69 Å². The largest absolute Gasteiger partial charge is 0.480 e. The number of pyridine rings is 1. The lowest BCUT2D eigenvalue weighted by molar-refractivity contribution is -0.121. The van der Waals surface area contributed by atoms with Crippen LogP contribution in [0.25, 0.3) is 11.6 Å². The number of amides is 1. The summed E-state index contributed by atoms with van der Waals surface area (Å²) in [5.41, 5.74) is 0. The molecule has 3 aromatic heterocycles. The van der Waals surface area contributed by atoms with Gasteiger partial charge < -0.3 is 13.7 Å². The fourth-order valence-corrected chi connectivity index (χ4v) is 2.16. The SMILES string of the molecule is O=C1COc2cccnc2N1Cc1nc(-c2ccco2)no1. The molecule has 0 fully saturated rings. The number of carbonyl (C=O) groups excluding carboxylic acids is 1. The topological polar surface area (TPSA) is 94.5 Å².